The van der Waals surface area contributed by atoms with Gasteiger partial charge in [-0.2, -0.15) is 0 Å². The van der Waals surface area contributed by atoms with Crippen LogP contribution in [-0.2, 0) is 16.4 Å². The van der Waals surface area contributed by atoms with Gasteiger partial charge < -0.3 is 14.8 Å². The SMILES string of the molecule is COc1ccc(OC)c(NC(=O)c2ccc(CCNS(C)(=O)=O)s2)c1. The van der Waals surface area contributed by atoms with Crippen molar-refractivity contribution < 1.29 is 22.7 Å². The monoisotopic (exact) mass is 384 g/mol. The number of benzene rings is 1. The van der Waals surface area contributed by atoms with Crippen molar-refractivity contribution in [3.63, 3.8) is 0 Å². The molecule has 0 atom stereocenters. The van der Waals surface area contributed by atoms with Crippen LogP contribution in [0.5, 0.6) is 11.5 Å². The normalized spacial score (nSPS) is 11.2. The smallest absolute Gasteiger partial charge is 0.265 e. The van der Waals surface area contributed by atoms with Crippen LogP contribution in [0.2, 0.25) is 0 Å². The van der Waals surface area contributed by atoms with Crippen LogP contribution in [-0.4, -0.2) is 41.3 Å². The minimum atomic E-state index is -3.21. The molecule has 0 spiro atoms. The number of hydrogen-bond acceptors (Lipinski definition) is 6. The third-order valence-corrected chi connectivity index (χ3v) is 5.15. The topological polar surface area (TPSA) is 93.7 Å². The molecule has 1 heterocycles. The summed E-state index contributed by atoms with van der Waals surface area (Å²) in [6.07, 6.45) is 1.63. The Hall–Kier alpha value is -2.10. The number of hydrogen-bond donors (Lipinski definition) is 2. The first-order valence-electron chi connectivity index (χ1n) is 7.39. The Balaban J connectivity index is 2.04. The molecule has 2 N–H and O–H groups in total. The predicted octanol–water partition coefficient (Wildman–Crippen LogP) is 2.11. The molecule has 0 fully saturated rings. The minimum Gasteiger partial charge on any atom is -0.497 e. The molecule has 0 saturated heterocycles. The number of methoxy groups -OCH3 is 2. The number of anilines is 1. The Morgan fingerprint density at radius 2 is 1.92 bits per heavy atom. The average Bonchev–Trinajstić information content (AvgIpc) is 3.02. The lowest BCUT2D eigenvalue weighted by molar-refractivity contribution is 0.103. The average molecular weight is 384 g/mol. The van der Waals surface area contributed by atoms with Gasteiger partial charge in [-0.05, 0) is 30.7 Å². The summed E-state index contributed by atoms with van der Waals surface area (Å²) in [7, 11) is -0.141. The van der Waals surface area contributed by atoms with Crippen LogP contribution in [0.15, 0.2) is 30.3 Å². The van der Waals surface area contributed by atoms with Crippen molar-refractivity contribution in [3.8, 4) is 11.5 Å². The molecule has 0 saturated carbocycles. The van der Waals surface area contributed by atoms with Gasteiger partial charge in [0.25, 0.3) is 5.91 Å². The molecule has 0 aliphatic heterocycles. The number of ether oxygens (including phenoxy) is 2. The molecule has 2 aromatic rings. The summed E-state index contributed by atoms with van der Waals surface area (Å²) in [4.78, 5) is 13.9. The first-order valence-corrected chi connectivity index (χ1v) is 10.1. The van der Waals surface area contributed by atoms with Gasteiger partial charge in [0, 0.05) is 17.5 Å². The fourth-order valence-electron chi connectivity index (χ4n) is 2.09. The van der Waals surface area contributed by atoms with E-state index in [4.69, 9.17) is 9.47 Å². The van der Waals surface area contributed by atoms with Gasteiger partial charge in [0.1, 0.15) is 11.5 Å². The quantitative estimate of drug-likeness (QED) is 0.727. The van der Waals surface area contributed by atoms with Crippen LogP contribution in [0.25, 0.3) is 0 Å². The Labute approximate surface area is 151 Å². The maximum Gasteiger partial charge on any atom is 0.265 e. The molecule has 1 amide bonds. The van der Waals surface area contributed by atoms with Crippen molar-refractivity contribution in [1.82, 2.24) is 4.72 Å². The number of thiophene rings is 1. The summed E-state index contributed by atoms with van der Waals surface area (Å²) in [6, 6.07) is 8.66. The highest BCUT2D eigenvalue weighted by molar-refractivity contribution is 7.88. The van der Waals surface area contributed by atoms with Gasteiger partial charge in [0.05, 0.1) is 31.0 Å². The Morgan fingerprint density at radius 1 is 1.16 bits per heavy atom. The van der Waals surface area contributed by atoms with E-state index < -0.39 is 10.0 Å². The number of rotatable bonds is 8. The summed E-state index contributed by atoms with van der Waals surface area (Å²) in [5.74, 6) is 0.872. The van der Waals surface area contributed by atoms with Gasteiger partial charge in [-0.25, -0.2) is 13.1 Å². The van der Waals surface area contributed by atoms with Gasteiger partial charge in [-0.3, -0.25) is 4.79 Å². The molecule has 9 heteroatoms. The van der Waals surface area contributed by atoms with E-state index in [1.54, 1.807) is 31.4 Å². The lowest BCUT2D eigenvalue weighted by Gasteiger charge is -2.11. The fourth-order valence-corrected chi connectivity index (χ4v) is 3.46. The second-order valence-electron chi connectivity index (χ2n) is 5.20. The summed E-state index contributed by atoms with van der Waals surface area (Å²) >= 11 is 1.32. The zero-order valence-electron chi connectivity index (χ0n) is 14.2. The number of carbonyl (C=O) groups excluding carboxylic acids is 1. The number of nitrogens with one attached hydrogen (secondary N) is 2. The van der Waals surface area contributed by atoms with E-state index in [0.29, 0.717) is 35.0 Å². The van der Waals surface area contributed by atoms with Crippen LogP contribution < -0.4 is 19.5 Å². The van der Waals surface area contributed by atoms with Gasteiger partial charge >= 0.3 is 0 Å². The zero-order valence-corrected chi connectivity index (χ0v) is 15.8. The molecule has 0 aliphatic carbocycles. The first-order chi connectivity index (χ1) is 11.8. The van der Waals surface area contributed by atoms with Gasteiger partial charge in [-0.1, -0.05) is 0 Å². The molecule has 0 aliphatic rings. The van der Waals surface area contributed by atoms with E-state index in [0.717, 1.165) is 11.1 Å². The van der Waals surface area contributed by atoms with Gasteiger partial charge in [0.2, 0.25) is 10.0 Å². The molecular formula is C16H20N2O5S2. The lowest BCUT2D eigenvalue weighted by Crippen LogP contribution is -2.24. The van der Waals surface area contributed by atoms with E-state index >= 15 is 0 Å². The number of carbonyl (C=O) groups is 1. The van der Waals surface area contributed by atoms with Crippen LogP contribution in [0.3, 0.4) is 0 Å². The third kappa shape index (κ3) is 5.73. The molecular weight excluding hydrogens is 364 g/mol. The van der Waals surface area contributed by atoms with Crippen molar-refractivity contribution in [2.75, 3.05) is 32.3 Å². The lowest BCUT2D eigenvalue weighted by atomic mass is 10.2. The molecule has 2 rings (SSSR count). The van der Waals surface area contributed by atoms with Crippen molar-refractivity contribution in [1.29, 1.82) is 0 Å². The van der Waals surface area contributed by atoms with Crippen molar-refractivity contribution in [3.05, 3.63) is 40.1 Å². The summed E-state index contributed by atoms with van der Waals surface area (Å²) < 4.78 is 34.9. The first kappa shape index (κ1) is 19.2. The van der Waals surface area contributed by atoms with E-state index in [1.807, 2.05) is 6.07 Å². The van der Waals surface area contributed by atoms with Gasteiger partial charge in [0.15, 0.2) is 0 Å². The Morgan fingerprint density at radius 3 is 2.56 bits per heavy atom. The predicted molar refractivity (Wildman–Crippen MR) is 98.4 cm³/mol. The molecule has 25 heavy (non-hydrogen) atoms. The third-order valence-electron chi connectivity index (χ3n) is 3.28. The maximum atomic E-state index is 12.4. The van der Waals surface area contributed by atoms with Gasteiger partial charge in [-0.15, -0.1) is 11.3 Å². The molecule has 136 valence electrons. The summed E-state index contributed by atoms with van der Waals surface area (Å²) in [5.41, 5.74) is 0.514. The Bertz CT molecular complexity index is 846. The maximum absolute atomic E-state index is 12.4. The summed E-state index contributed by atoms with van der Waals surface area (Å²) in [5, 5.41) is 2.80. The molecule has 1 aromatic carbocycles. The number of sulfonamides is 1. The van der Waals surface area contributed by atoms with E-state index in [2.05, 4.69) is 10.0 Å². The van der Waals surface area contributed by atoms with Crippen LogP contribution in [0.4, 0.5) is 5.69 Å². The van der Waals surface area contributed by atoms with Crippen molar-refractivity contribution in [2.45, 2.75) is 6.42 Å². The fraction of sp³-hybridized carbons (Fsp3) is 0.312. The molecule has 1 aromatic heterocycles. The molecule has 7 nitrogen and oxygen atoms in total. The second kappa shape index (κ2) is 8.32. The van der Waals surface area contributed by atoms with Crippen LogP contribution in [0, 0.1) is 0 Å². The highest BCUT2D eigenvalue weighted by Crippen LogP contribution is 2.30. The number of amides is 1. The molecule has 0 unspecified atom stereocenters. The van der Waals surface area contributed by atoms with Crippen LogP contribution >= 0.6 is 11.3 Å². The second-order valence-corrected chi connectivity index (χ2v) is 8.20. The van der Waals surface area contributed by atoms with Crippen molar-refractivity contribution >= 4 is 33.0 Å². The Kier molecular flexibility index (Phi) is 6.40. The van der Waals surface area contributed by atoms with E-state index in [1.165, 1.54) is 18.4 Å². The van der Waals surface area contributed by atoms with E-state index in [9.17, 15) is 13.2 Å². The molecule has 0 bridgehead atoms. The highest BCUT2D eigenvalue weighted by Gasteiger charge is 2.13. The summed E-state index contributed by atoms with van der Waals surface area (Å²) in [6.45, 7) is 0.296. The zero-order chi connectivity index (χ0) is 18.4. The largest absolute Gasteiger partial charge is 0.497 e. The van der Waals surface area contributed by atoms with Crippen LogP contribution in [0.1, 0.15) is 14.5 Å². The molecule has 0 radical (unpaired) electrons. The highest BCUT2D eigenvalue weighted by atomic mass is 32.2. The minimum absolute atomic E-state index is 0.265. The van der Waals surface area contributed by atoms with Crippen molar-refractivity contribution in [2.24, 2.45) is 0 Å². The standard InChI is InChI=1S/C16H20N2O5S2/c1-22-11-4-6-14(23-2)13(10-11)18-16(19)15-7-5-12(24-15)8-9-17-25(3,20)21/h4-7,10,17H,8-9H2,1-3H3,(H,18,19). The van der Waals surface area contributed by atoms with E-state index in [-0.39, 0.29) is 5.91 Å².